The van der Waals surface area contributed by atoms with Crippen LogP contribution in [0.15, 0.2) is 48.5 Å². The van der Waals surface area contributed by atoms with E-state index >= 15 is 0 Å². The maximum absolute atomic E-state index is 11.7. The number of anilines is 1. The molecule has 0 aliphatic carbocycles. The largest absolute Gasteiger partial charge is 0.477 e. The first-order valence-electron chi connectivity index (χ1n) is 6.47. The molecular weight excluding hydrogens is 304 g/mol. The zero-order valence-electron chi connectivity index (χ0n) is 11.8. The van der Waals surface area contributed by atoms with Gasteiger partial charge in [-0.25, -0.2) is 9.59 Å². The number of nitro benzene ring substituents is 1. The molecule has 0 spiro atoms. The Bertz CT molecular complexity index is 745. The van der Waals surface area contributed by atoms with Crippen molar-refractivity contribution in [3.63, 3.8) is 0 Å². The first kappa shape index (κ1) is 16.0. The Labute approximate surface area is 130 Å². The maximum Gasteiger partial charge on any atom is 0.411 e. The average Bonchev–Trinajstić information content (AvgIpc) is 2.53. The van der Waals surface area contributed by atoms with Crippen molar-refractivity contribution >= 4 is 23.4 Å². The third kappa shape index (κ3) is 4.27. The molecule has 0 unspecified atom stereocenters. The molecule has 0 aliphatic rings. The van der Waals surface area contributed by atoms with E-state index in [0.29, 0.717) is 0 Å². The number of ether oxygens (including phenoxy) is 1. The fourth-order valence-corrected chi connectivity index (χ4v) is 1.82. The van der Waals surface area contributed by atoms with Gasteiger partial charge in [0.2, 0.25) is 0 Å². The molecule has 2 aromatic rings. The first-order valence-corrected chi connectivity index (χ1v) is 6.47. The van der Waals surface area contributed by atoms with Crippen LogP contribution in [0.4, 0.5) is 16.2 Å². The van der Waals surface area contributed by atoms with Gasteiger partial charge >= 0.3 is 12.1 Å². The van der Waals surface area contributed by atoms with Crippen molar-refractivity contribution in [3.8, 4) is 0 Å². The summed E-state index contributed by atoms with van der Waals surface area (Å²) in [6.07, 6.45) is -0.793. The summed E-state index contributed by atoms with van der Waals surface area (Å²) >= 11 is 0. The fourth-order valence-electron chi connectivity index (χ4n) is 1.82. The molecule has 2 N–H and O–H groups in total. The third-order valence-corrected chi connectivity index (χ3v) is 2.88. The molecule has 0 radical (unpaired) electrons. The number of hydrogen-bond acceptors (Lipinski definition) is 5. The van der Waals surface area contributed by atoms with Gasteiger partial charge in [0.1, 0.15) is 12.2 Å². The van der Waals surface area contributed by atoms with Crippen molar-refractivity contribution in [2.24, 2.45) is 0 Å². The Morgan fingerprint density at radius 2 is 1.87 bits per heavy atom. The van der Waals surface area contributed by atoms with Crippen LogP contribution in [0, 0.1) is 10.1 Å². The number of carbonyl (C=O) groups excluding carboxylic acids is 1. The SMILES string of the molecule is O=C(Nc1ccc([N+](=O)[O-])c(C(=O)O)c1)OCc1ccccc1. The number of carboxylic acids is 1. The quantitative estimate of drug-likeness (QED) is 0.646. The van der Waals surface area contributed by atoms with Crippen molar-refractivity contribution in [2.75, 3.05) is 5.32 Å². The summed E-state index contributed by atoms with van der Waals surface area (Å²) in [6.45, 7) is 0.0471. The molecule has 0 aliphatic heterocycles. The summed E-state index contributed by atoms with van der Waals surface area (Å²) in [5.74, 6) is -1.46. The van der Waals surface area contributed by atoms with Crippen molar-refractivity contribution in [1.29, 1.82) is 0 Å². The second-order valence-corrected chi connectivity index (χ2v) is 4.48. The van der Waals surface area contributed by atoms with Crippen molar-refractivity contribution < 1.29 is 24.4 Å². The third-order valence-electron chi connectivity index (χ3n) is 2.88. The number of nitro groups is 1. The Balaban J connectivity index is 2.05. The molecule has 2 aromatic carbocycles. The molecule has 2 rings (SSSR count). The van der Waals surface area contributed by atoms with E-state index in [-0.39, 0.29) is 12.3 Å². The Morgan fingerprint density at radius 3 is 2.48 bits per heavy atom. The lowest BCUT2D eigenvalue weighted by atomic mass is 10.1. The van der Waals surface area contributed by atoms with Crippen LogP contribution in [0.3, 0.4) is 0 Å². The smallest absolute Gasteiger partial charge is 0.411 e. The number of amides is 1. The van der Waals surface area contributed by atoms with Crippen LogP contribution in [0.1, 0.15) is 15.9 Å². The summed E-state index contributed by atoms with van der Waals surface area (Å²) in [5.41, 5.74) is -0.194. The number of nitrogens with zero attached hydrogens (tertiary/aromatic N) is 1. The molecule has 8 nitrogen and oxygen atoms in total. The van der Waals surface area contributed by atoms with Crippen LogP contribution in [0.2, 0.25) is 0 Å². The molecule has 0 bridgehead atoms. The van der Waals surface area contributed by atoms with Gasteiger partial charge in [-0.1, -0.05) is 30.3 Å². The topological polar surface area (TPSA) is 119 Å². The van der Waals surface area contributed by atoms with E-state index in [1.165, 1.54) is 6.07 Å². The summed E-state index contributed by atoms with van der Waals surface area (Å²) in [6, 6.07) is 12.2. The monoisotopic (exact) mass is 316 g/mol. The zero-order chi connectivity index (χ0) is 16.8. The molecule has 8 heteroatoms. The molecule has 1 amide bonds. The van der Waals surface area contributed by atoms with Gasteiger partial charge in [0.25, 0.3) is 5.69 Å². The predicted octanol–water partition coefficient (Wildman–Crippen LogP) is 3.04. The van der Waals surface area contributed by atoms with E-state index in [4.69, 9.17) is 9.84 Å². The summed E-state index contributed by atoms with van der Waals surface area (Å²) in [5, 5.41) is 22.1. The van der Waals surface area contributed by atoms with Gasteiger partial charge in [-0.2, -0.15) is 0 Å². The van der Waals surface area contributed by atoms with Crippen LogP contribution in [-0.2, 0) is 11.3 Å². The molecule has 118 valence electrons. The first-order chi connectivity index (χ1) is 11.0. The number of nitrogens with one attached hydrogen (secondary N) is 1. The lowest BCUT2D eigenvalue weighted by molar-refractivity contribution is -0.385. The Morgan fingerprint density at radius 1 is 1.17 bits per heavy atom. The highest BCUT2D eigenvalue weighted by molar-refractivity contribution is 5.95. The molecule has 0 atom stereocenters. The molecule has 0 saturated carbocycles. The average molecular weight is 316 g/mol. The van der Waals surface area contributed by atoms with E-state index in [2.05, 4.69) is 5.32 Å². The highest BCUT2D eigenvalue weighted by atomic mass is 16.6. The van der Waals surface area contributed by atoms with Gasteiger partial charge in [0.15, 0.2) is 0 Å². The second-order valence-electron chi connectivity index (χ2n) is 4.48. The van der Waals surface area contributed by atoms with E-state index < -0.39 is 28.2 Å². The number of carboxylic acid groups (broad SMARTS) is 1. The lowest BCUT2D eigenvalue weighted by Gasteiger charge is -2.08. The maximum atomic E-state index is 11.7. The van der Waals surface area contributed by atoms with Gasteiger partial charge in [-0.15, -0.1) is 0 Å². The van der Waals surface area contributed by atoms with E-state index in [9.17, 15) is 19.7 Å². The predicted molar refractivity (Wildman–Crippen MR) is 80.3 cm³/mol. The second kappa shape index (κ2) is 7.03. The Kier molecular flexibility index (Phi) is 4.88. The zero-order valence-corrected chi connectivity index (χ0v) is 11.8. The molecule has 0 heterocycles. The fraction of sp³-hybridized carbons (Fsp3) is 0.0667. The summed E-state index contributed by atoms with van der Waals surface area (Å²) < 4.78 is 4.98. The highest BCUT2D eigenvalue weighted by Crippen LogP contribution is 2.22. The summed E-state index contributed by atoms with van der Waals surface area (Å²) in [7, 11) is 0. The van der Waals surface area contributed by atoms with Gasteiger partial charge in [0, 0.05) is 11.8 Å². The highest BCUT2D eigenvalue weighted by Gasteiger charge is 2.20. The minimum absolute atomic E-state index is 0.0471. The molecule has 0 aromatic heterocycles. The van der Waals surface area contributed by atoms with Gasteiger partial charge in [0.05, 0.1) is 4.92 Å². The molecular formula is C15H12N2O6. The van der Waals surface area contributed by atoms with Gasteiger partial charge in [-0.3, -0.25) is 15.4 Å². The van der Waals surface area contributed by atoms with Crippen molar-refractivity contribution in [1.82, 2.24) is 0 Å². The van der Waals surface area contributed by atoms with Crippen molar-refractivity contribution in [2.45, 2.75) is 6.61 Å². The van der Waals surface area contributed by atoms with Gasteiger partial charge < -0.3 is 9.84 Å². The lowest BCUT2D eigenvalue weighted by Crippen LogP contribution is -2.14. The number of benzene rings is 2. The summed E-state index contributed by atoms with van der Waals surface area (Å²) in [4.78, 5) is 32.6. The number of rotatable bonds is 5. The van der Waals surface area contributed by atoms with Crippen LogP contribution in [0.5, 0.6) is 0 Å². The number of aromatic carboxylic acids is 1. The minimum Gasteiger partial charge on any atom is -0.477 e. The van der Waals surface area contributed by atoms with E-state index in [1.54, 1.807) is 24.3 Å². The molecule has 0 fully saturated rings. The number of carbonyl (C=O) groups is 2. The van der Waals surface area contributed by atoms with Crippen LogP contribution in [-0.4, -0.2) is 22.1 Å². The number of hydrogen-bond donors (Lipinski definition) is 2. The van der Waals surface area contributed by atoms with Crippen LogP contribution >= 0.6 is 0 Å². The molecule has 23 heavy (non-hydrogen) atoms. The van der Waals surface area contributed by atoms with Gasteiger partial charge in [-0.05, 0) is 17.7 Å². The minimum atomic E-state index is -1.46. The van der Waals surface area contributed by atoms with Crippen molar-refractivity contribution in [3.05, 3.63) is 69.8 Å². The molecule has 0 saturated heterocycles. The van der Waals surface area contributed by atoms with E-state index in [0.717, 1.165) is 17.7 Å². The standard InChI is InChI=1S/C15H12N2O6/c18-14(19)12-8-11(6-7-13(12)17(21)22)16-15(20)23-9-10-4-2-1-3-5-10/h1-8H,9H2,(H,16,20)(H,18,19). The Hall–Kier alpha value is -3.42. The van der Waals surface area contributed by atoms with Crippen LogP contribution in [0.25, 0.3) is 0 Å². The van der Waals surface area contributed by atoms with Crippen LogP contribution < -0.4 is 5.32 Å². The van der Waals surface area contributed by atoms with E-state index in [1.807, 2.05) is 6.07 Å². The normalized spacial score (nSPS) is 9.91.